The van der Waals surface area contributed by atoms with Gasteiger partial charge in [0.25, 0.3) is 0 Å². The van der Waals surface area contributed by atoms with E-state index in [1.807, 2.05) is 6.92 Å². The van der Waals surface area contributed by atoms with Gasteiger partial charge in [-0.15, -0.1) is 6.42 Å². The van der Waals surface area contributed by atoms with Crippen LogP contribution in [0.3, 0.4) is 0 Å². The average Bonchev–Trinajstić information content (AvgIpc) is 2.75. The van der Waals surface area contributed by atoms with E-state index >= 15 is 0 Å². The topological polar surface area (TPSA) is 41.1 Å². The van der Waals surface area contributed by atoms with Crippen molar-refractivity contribution in [2.45, 2.75) is 31.8 Å². The molecule has 3 rings (SSSR count). The third-order valence-electron chi connectivity index (χ3n) is 3.37. The Bertz CT molecular complexity index is 268. The van der Waals surface area contributed by atoms with Gasteiger partial charge in [0.2, 0.25) is 5.91 Å². The number of nitrogens with one attached hydrogen (secondary N) is 2. The van der Waals surface area contributed by atoms with Gasteiger partial charge in [-0.1, -0.05) is 12.8 Å². The molecule has 2 heterocycles. The van der Waals surface area contributed by atoms with E-state index in [1.165, 1.54) is 0 Å². The van der Waals surface area contributed by atoms with Gasteiger partial charge in [-0.25, -0.2) is 0 Å². The first-order valence-corrected chi connectivity index (χ1v) is 5.26. The lowest BCUT2D eigenvalue weighted by molar-refractivity contribution is -0.129. The molecule has 3 heteroatoms. The van der Waals surface area contributed by atoms with Crippen molar-refractivity contribution in [3.63, 3.8) is 0 Å². The number of fused-ring (bicyclic) bond motifs is 1. The molecule has 76 valence electrons. The first kappa shape index (κ1) is 9.54. The lowest BCUT2D eigenvalue weighted by atomic mass is 9.73. The highest BCUT2D eigenvalue weighted by Gasteiger charge is 2.50. The second kappa shape index (κ2) is 3.62. The lowest BCUT2D eigenvalue weighted by Crippen LogP contribution is -2.49. The van der Waals surface area contributed by atoms with Gasteiger partial charge in [-0.2, -0.15) is 0 Å². The van der Waals surface area contributed by atoms with Crippen LogP contribution in [0.15, 0.2) is 0 Å². The van der Waals surface area contributed by atoms with Crippen molar-refractivity contribution in [2.75, 3.05) is 6.54 Å². The van der Waals surface area contributed by atoms with E-state index in [2.05, 4.69) is 16.6 Å². The summed E-state index contributed by atoms with van der Waals surface area (Å²) in [5, 5.41) is 6.23. The quantitative estimate of drug-likeness (QED) is 0.624. The molecule has 1 amide bonds. The van der Waals surface area contributed by atoms with Crippen molar-refractivity contribution < 1.29 is 4.79 Å². The van der Waals surface area contributed by atoms with E-state index in [9.17, 15) is 4.79 Å². The maximum Gasteiger partial charge on any atom is 0.225 e. The summed E-state index contributed by atoms with van der Waals surface area (Å²) in [7, 11) is 0. The third kappa shape index (κ3) is 1.40. The molecule has 0 radical (unpaired) electrons. The van der Waals surface area contributed by atoms with E-state index in [1.54, 1.807) is 0 Å². The molecule has 0 spiro atoms. The molecule has 0 aromatic carbocycles. The van der Waals surface area contributed by atoms with Gasteiger partial charge < -0.3 is 10.6 Å². The normalized spacial score (nSPS) is 35.6. The van der Waals surface area contributed by atoms with Crippen LogP contribution in [0.4, 0.5) is 0 Å². The minimum absolute atomic E-state index is 0.0949. The van der Waals surface area contributed by atoms with Crippen LogP contribution in [-0.4, -0.2) is 24.5 Å². The summed E-state index contributed by atoms with van der Waals surface area (Å²) in [6.07, 6.45) is 7.26. The Labute approximate surface area is 84.6 Å². The molecule has 3 fully saturated rings. The van der Waals surface area contributed by atoms with E-state index in [0.717, 1.165) is 19.4 Å². The van der Waals surface area contributed by atoms with Crippen LogP contribution in [-0.2, 0) is 4.79 Å². The average molecular weight is 192 g/mol. The van der Waals surface area contributed by atoms with Gasteiger partial charge in [0, 0.05) is 6.04 Å². The predicted molar refractivity (Wildman–Crippen MR) is 54.4 cm³/mol. The molecule has 2 saturated heterocycles. The van der Waals surface area contributed by atoms with Crippen LogP contribution in [0, 0.1) is 24.2 Å². The van der Waals surface area contributed by atoms with Gasteiger partial charge in [-0.3, -0.25) is 4.79 Å². The van der Waals surface area contributed by atoms with Gasteiger partial charge in [-0.05, 0) is 25.3 Å². The number of hydrogen-bond acceptors (Lipinski definition) is 2. The number of amides is 1. The number of terminal acetylenes is 1. The van der Waals surface area contributed by atoms with Crippen molar-refractivity contribution in [1.82, 2.24) is 10.6 Å². The second-order valence-electron chi connectivity index (χ2n) is 4.17. The number of hydrogen-bond donors (Lipinski definition) is 2. The van der Waals surface area contributed by atoms with E-state index < -0.39 is 0 Å². The van der Waals surface area contributed by atoms with Crippen LogP contribution in [0.1, 0.15) is 19.8 Å². The fraction of sp³-hybridized carbons (Fsp3) is 0.727. The van der Waals surface area contributed by atoms with Crippen LogP contribution in [0.25, 0.3) is 0 Å². The maximum absolute atomic E-state index is 11.8. The molecule has 1 saturated carbocycles. The molecular formula is C11H16N2O. The van der Waals surface area contributed by atoms with Crippen molar-refractivity contribution >= 4 is 5.91 Å². The predicted octanol–water partition coefficient (Wildman–Crippen LogP) is 0.122. The fourth-order valence-electron chi connectivity index (χ4n) is 2.40. The van der Waals surface area contributed by atoms with E-state index in [4.69, 9.17) is 6.42 Å². The summed E-state index contributed by atoms with van der Waals surface area (Å²) in [5.74, 6) is 3.45. The highest BCUT2D eigenvalue weighted by atomic mass is 16.2. The van der Waals surface area contributed by atoms with Gasteiger partial charge in [0.15, 0.2) is 0 Å². The Hall–Kier alpha value is -1.01. The molecule has 0 aromatic heterocycles. The SMILES string of the molecule is C#CC(CC)NC(=O)C1C2CNC1C2. The van der Waals surface area contributed by atoms with Gasteiger partial charge in [0.05, 0.1) is 12.0 Å². The Kier molecular flexibility index (Phi) is 2.47. The largest absolute Gasteiger partial charge is 0.342 e. The zero-order valence-corrected chi connectivity index (χ0v) is 8.42. The first-order valence-electron chi connectivity index (χ1n) is 5.26. The Balaban J connectivity index is 1.88. The van der Waals surface area contributed by atoms with Crippen LogP contribution in [0.5, 0.6) is 0 Å². The van der Waals surface area contributed by atoms with Crippen LogP contribution >= 0.6 is 0 Å². The number of carbonyl (C=O) groups excluding carboxylic acids is 1. The smallest absolute Gasteiger partial charge is 0.225 e. The Morgan fingerprint density at radius 2 is 2.57 bits per heavy atom. The lowest BCUT2D eigenvalue weighted by Gasteiger charge is -2.33. The molecule has 1 aliphatic carbocycles. The van der Waals surface area contributed by atoms with Crippen molar-refractivity contribution in [3.05, 3.63) is 0 Å². The minimum Gasteiger partial charge on any atom is -0.342 e. The minimum atomic E-state index is -0.0949. The van der Waals surface area contributed by atoms with E-state index in [0.29, 0.717) is 12.0 Å². The summed E-state index contributed by atoms with van der Waals surface area (Å²) < 4.78 is 0. The van der Waals surface area contributed by atoms with Gasteiger partial charge in [0.1, 0.15) is 0 Å². The summed E-state index contributed by atoms with van der Waals surface area (Å²) in [4.78, 5) is 11.8. The second-order valence-corrected chi connectivity index (χ2v) is 4.17. The van der Waals surface area contributed by atoms with Gasteiger partial charge >= 0.3 is 0 Å². The first-order chi connectivity index (χ1) is 6.76. The molecule has 2 bridgehead atoms. The summed E-state index contributed by atoms with van der Waals surface area (Å²) >= 11 is 0. The zero-order chi connectivity index (χ0) is 10.1. The molecule has 4 atom stereocenters. The molecular weight excluding hydrogens is 176 g/mol. The summed E-state index contributed by atoms with van der Waals surface area (Å²) in [6.45, 7) is 2.98. The molecule has 14 heavy (non-hydrogen) atoms. The molecule has 0 aromatic rings. The summed E-state index contributed by atoms with van der Waals surface area (Å²) in [6, 6.07) is 0.317. The monoisotopic (exact) mass is 192 g/mol. The number of rotatable bonds is 3. The molecule has 3 aliphatic rings. The highest BCUT2D eigenvalue weighted by Crippen LogP contribution is 2.40. The Morgan fingerprint density at radius 1 is 1.79 bits per heavy atom. The highest BCUT2D eigenvalue weighted by molar-refractivity contribution is 5.82. The maximum atomic E-state index is 11.8. The van der Waals surface area contributed by atoms with Crippen molar-refractivity contribution in [2.24, 2.45) is 11.8 Å². The fourth-order valence-corrected chi connectivity index (χ4v) is 2.40. The summed E-state index contributed by atoms with van der Waals surface area (Å²) in [5.41, 5.74) is 0. The molecule has 3 nitrogen and oxygen atoms in total. The standard InChI is InChI=1S/C11H16N2O/c1-3-8(4-2)13-11(14)10-7-5-9(10)12-6-7/h1,7-10,12H,4-6H2,2H3,(H,13,14). The van der Waals surface area contributed by atoms with Crippen molar-refractivity contribution in [1.29, 1.82) is 0 Å². The molecule has 2 N–H and O–H groups in total. The van der Waals surface area contributed by atoms with E-state index in [-0.39, 0.29) is 17.9 Å². The molecule has 2 aliphatic heterocycles. The van der Waals surface area contributed by atoms with Crippen molar-refractivity contribution in [3.8, 4) is 12.3 Å². The molecule has 4 unspecified atom stereocenters. The van der Waals surface area contributed by atoms with Crippen LogP contribution in [0.2, 0.25) is 0 Å². The zero-order valence-electron chi connectivity index (χ0n) is 8.42. The van der Waals surface area contributed by atoms with Crippen LogP contribution < -0.4 is 10.6 Å². The number of carbonyl (C=O) groups is 1. The third-order valence-corrected chi connectivity index (χ3v) is 3.37. The Morgan fingerprint density at radius 3 is 3.00 bits per heavy atom.